The number of hydrogen-bond acceptors (Lipinski definition) is 2. The molecule has 0 spiro atoms. The van der Waals surface area contributed by atoms with E-state index in [1.54, 1.807) is 0 Å². The first-order valence-corrected chi connectivity index (χ1v) is 7.39. The molecule has 0 aromatic rings. The van der Waals surface area contributed by atoms with Gasteiger partial charge in [0.25, 0.3) is 0 Å². The van der Waals surface area contributed by atoms with Gasteiger partial charge >= 0.3 is 35.1 Å². The van der Waals surface area contributed by atoms with Crippen LogP contribution >= 0.6 is 21.6 Å². The van der Waals surface area contributed by atoms with Gasteiger partial charge in [-0.05, 0) is 10.8 Å². The monoisotopic (exact) mass is 412 g/mol. The standard InChI is InChI=1S/C8H5F13S2/c1-2-22-23-8(20,21)6(15,16)4(11,12)3(9,10)5(13,14)7(17,18)19/h2H2,1H3. The van der Waals surface area contributed by atoms with E-state index in [4.69, 9.17) is 0 Å². The molecule has 0 nitrogen and oxygen atoms in total. The molecule has 0 rings (SSSR count). The van der Waals surface area contributed by atoms with Crippen molar-refractivity contribution in [2.24, 2.45) is 0 Å². The van der Waals surface area contributed by atoms with Crippen LogP contribution in [0.5, 0.6) is 0 Å². The van der Waals surface area contributed by atoms with Gasteiger partial charge in [-0.3, -0.25) is 0 Å². The summed E-state index contributed by atoms with van der Waals surface area (Å²) in [4.78, 5) is 0. The molecule has 0 amide bonds. The molecule has 0 aliphatic rings. The Morgan fingerprint density at radius 3 is 1.22 bits per heavy atom. The van der Waals surface area contributed by atoms with Gasteiger partial charge in [0, 0.05) is 5.75 Å². The fraction of sp³-hybridized carbons (Fsp3) is 1.00. The molecule has 0 radical (unpaired) electrons. The van der Waals surface area contributed by atoms with E-state index in [1.807, 2.05) is 0 Å². The van der Waals surface area contributed by atoms with Crippen LogP contribution in [0, 0.1) is 0 Å². The molecular formula is C8H5F13S2. The average molecular weight is 412 g/mol. The van der Waals surface area contributed by atoms with Crippen molar-refractivity contribution in [1.82, 2.24) is 0 Å². The van der Waals surface area contributed by atoms with Crippen LogP contribution in [-0.4, -0.2) is 40.9 Å². The summed E-state index contributed by atoms with van der Waals surface area (Å²) < 4.78 is 163. The van der Waals surface area contributed by atoms with Crippen molar-refractivity contribution in [3.63, 3.8) is 0 Å². The number of alkyl halides is 13. The first-order valence-electron chi connectivity index (χ1n) is 5.07. The molecule has 0 aromatic carbocycles. The van der Waals surface area contributed by atoms with E-state index in [0.717, 1.165) is 6.92 Å². The summed E-state index contributed by atoms with van der Waals surface area (Å²) in [5.74, 6) is -30.8. The molecule has 0 N–H and O–H groups in total. The Bertz CT molecular complexity index is 413. The minimum Gasteiger partial charge on any atom is -0.192 e. The second kappa shape index (κ2) is 6.26. The van der Waals surface area contributed by atoms with Crippen molar-refractivity contribution in [2.75, 3.05) is 5.75 Å². The van der Waals surface area contributed by atoms with Gasteiger partial charge in [0.1, 0.15) is 0 Å². The SMILES string of the molecule is CCSSC(F)(F)C(F)(F)C(F)(F)C(F)(F)C(F)(F)C(F)(F)F. The van der Waals surface area contributed by atoms with Crippen LogP contribution in [0.15, 0.2) is 0 Å². The van der Waals surface area contributed by atoms with Crippen molar-refractivity contribution in [3.05, 3.63) is 0 Å². The van der Waals surface area contributed by atoms with E-state index >= 15 is 0 Å². The molecule has 23 heavy (non-hydrogen) atoms. The van der Waals surface area contributed by atoms with Gasteiger partial charge in [-0.25, -0.2) is 0 Å². The van der Waals surface area contributed by atoms with Crippen LogP contribution < -0.4 is 0 Å². The lowest BCUT2D eigenvalue weighted by atomic mass is 9.98. The van der Waals surface area contributed by atoms with Crippen molar-refractivity contribution in [1.29, 1.82) is 0 Å². The highest BCUT2D eigenvalue weighted by molar-refractivity contribution is 8.77. The third kappa shape index (κ3) is 3.44. The molecule has 0 unspecified atom stereocenters. The summed E-state index contributed by atoms with van der Waals surface area (Å²) in [6, 6.07) is 0. The molecule has 0 aliphatic heterocycles. The van der Waals surface area contributed by atoms with E-state index in [0.29, 0.717) is 0 Å². The normalized spacial score (nSPS) is 15.9. The topological polar surface area (TPSA) is 0 Å². The van der Waals surface area contributed by atoms with E-state index < -0.39 is 51.7 Å². The van der Waals surface area contributed by atoms with Crippen LogP contribution in [0.4, 0.5) is 57.1 Å². The molecule has 0 saturated carbocycles. The molecule has 0 aliphatic carbocycles. The van der Waals surface area contributed by atoms with Crippen molar-refractivity contribution in [3.8, 4) is 0 Å². The number of rotatable bonds is 7. The zero-order valence-corrected chi connectivity index (χ0v) is 12.1. The van der Waals surface area contributed by atoms with E-state index in [1.165, 1.54) is 0 Å². The lowest BCUT2D eigenvalue weighted by Gasteiger charge is -2.39. The van der Waals surface area contributed by atoms with Crippen molar-refractivity contribution >= 4 is 21.6 Å². The summed E-state index contributed by atoms with van der Waals surface area (Å²) in [5, 5.41) is -6.05. The highest BCUT2D eigenvalue weighted by atomic mass is 33.1. The summed E-state index contributed by atoms with van der Waals surface area (Å²) >= 11 is 0. The minimum absolute atomic E-state index is 0.220. The van der Waals surface area contributed by atoms with Gasteiger partial charge in [-0.2, -0.15) is 57.1 Å². The van der Waals surface area contributed by atoms with Gasteiger partial charge in [0.05, 0.1) is 0 Å². The van der Waals surface area contributed by atoms with Crippen molar-refractivity contribution in [2.45, 2.75) is 42.0 Å². The third-order valence-electron chi connectivity index (χ3n) is 2.19. The summed E-state index contributed by atoms with van der Waals surface area (Å²) in [5.41, 5.74) is 0. The van der Waals surface area contributed by atoms with E-state index in [-0.39, 0.29) is 10.8 Å². The highest BCUT2D eigenvalue weighted by Gasteiger charge is 2.90. The van der Waals surface area contributed by atoms with Gasteiger partial charge < -0.3 is 0 Å². The van der Waals surface area contributed by atoms with Gasteiger partial charge in [0.15, 0.2) is 0 Å². The summed E-state index contributed by atoms with van der Waals surface area (Å²) in [7, 11) is -1.58. The van der Waals surface area contributed by atoms with Crippen molar-refractivity contribution < 1.29 is 57.1 Å². The van der Waals surface area contributed by atoms with Crippen LogP contribution in [-0.2, 0) is 0 Å². The number of halogens is 13. The summed E-state index contributed by atoms with van der Waals surface area (Å²) in [6.07, 6.45) is -7.38. The largest absolute Gasteiger partial charge is 0.460 e. The Kier molecular flexibility index (Phi) is 6.20. The fourth-order valence-corrected chi connectivity index (χ4v) is 2.55. The lowest BCUT2D eigenvalue weighted by molar-refractivity contribution is -0.433. The Balaban J connectivity index is 6.03. The third-order valence-corrected chi connectivity index (χ3v) is 4.69. The summed E-state index contributed by atoms with van der Waals surface area (Å²) in [6.45, 7) is 1.07. The Morgan fingerprint density at radius 2 is 0.913 bits per heavy atom. The zero-order chi connectivity index (χ0) is 19.1. The average Bonchev–Trinajstić information content (AvgIpc) is 2.34. The fourth-order valence-electron chi connectivity index (χ4n) is 0.940. The molecule has 0 atom stereocenters. The number of hydrogen-bond donors (Lipinski definition) is 0. The zero-order valence-electron chi connectivity index (χ0n) is 10.4. The van der Waals surface area contributed by atoms with Crippen LogP contribution in [0.2, 0.25) is 0 Å². The molecule has 0 aromatic heterocycles. The van der Waals surface area contributed by atoms with Gasteiger partial charge in [-0.15, -0.1) is 0 Å². The van der Waals surface area contributed by atoms with E-state index in [2.05, 4.69) is 0 Å². The Hall–Kier alpha value is -0.210. The second-order valence-corrected chi connectivity index (χ2v) is 6.50. The maximum absolute atomic E-state index is 13.0. The van der Waals surface area contributed by atoms with Gasteiger partial charge in [0.2, 0.25) is 0 Å². The molecule has 0 fully saturated rings. The maximum Gasteiger partial charge on any atom is 0.460 e. The first-order chi connectivity index (χ1) is 9.81. The first kappa shape index (κ1) is 22.8. The second-order valence-electron chi connectivity index (χ2n) is 3.80. The smallest absolute Gasteiger partial charge is 0.192 e. The van der Waals surface area contributed by atoms with Gasteiger partial charge in [-0.1, -0.05) is 17.7 Å². The predicted octanol–water partition coefficient (Wildman–Crippen LogP) is 6.08. The minimum atomic E-state index is -7.83. The molecule has 15 heteroatoms. The van der Waals surface area contributed by atoms with Crippen LogP contribution in [0.1, 0.15) is 6.92 Å². The molecule has 0 bridgehead atoms. The van der Waals surface area contributed by atoms with E-state index in [9.17, 15) is 57.1 Å². The lowest BCUT2D eigenvalue weighted by Crippen LogP contribution is -2.69. The Morgan fingerprint density at radius 1 is 0.565 bits per heavy atom. The molecule has 140 valence electrons. The molecular weight excluding hydrogens is 407 g/mol. The Labute approximate surface area is 127 Å². The van der Waals surface area contributed by atoms with Crippen LogP contribution in [0.3, 0.4) is 0 Å². The maximum atomic E-state index is 13.0. The highest BCUT2D eigenvalue weighted by Crippen LogP contribution is 2.63. The molecule has 0 saturated heterocycles. The predicted molar refractivity (Wildman–Crippen MR) is 56.5 cm³/mol. The quantitative estimate of drug-likeness (QED) is 0.367. The molecule has 0 heterocycles. The van der Waals surface area contributed by atoms with Crippen LogP contribution in [0.25, 0.3) is 0 Å².